The van der Waals surface area contributed by atoms with E-state index in [9.17, 15) is 4.79 Å². The first-order valence-electron chi connectivity index (χ1n) is 6.31. The van der Waals surface area contributed by atoms with Gasteiger partial charge in [0, 0.05) is 25.4 Å². The van der Waals surface area contributed by atoms with E-state index in [2.05, 4.69) is 25.5 Å². The molecule has 2 heterocycles. The van der Waals surface area contributed by atoms with Gasteiger partial charge in [-0.2, -0.15) is 5.10 Å². The van der Waals surface area contributed by atoms with Crippen molar-refractivity contribution in [3.05, 3.63) is 29.6 Å². The molecule has 5 N–H and O–H groups in total. The van der Waals surface area contributed by atoms with Crippen molar-refractivity contribution in [2.75, 3.05) is 12.3 Å². The van der Waals surface area contributed by atoms with E-state index >= 15 is 0 Å². The van der Waals surface area contributed by atoms with Gasteiger partial charge in [-0.05, 0) is 6.42 Å². The molecular formula is C12H18N6O. The first-order chi connectivity index (χ1) is 9.22. The zero-order valence-electron chi connectivity index (χ0n) is 10.9. The van der Waals surface area contributed by atoms with Crippen molar-refractivity contribution in [1.82, 2.24) is 25.5 Å². The number of aromatic amines is 2. The standard InChI is InChI=1S/C12H18N6O/c1-2-3-8-10(13)11(18-17-8)12(19)16-5-4-9-14-6-7-15-9/h6-7H,2-5,13H2,1H3,(H,14,15)(H,16,19)(H,17,18). The zero-order chi connectivity index (χ0) is 13.7. The molecule has 2 aromatic rings. The van der Waals surface area contributed by atoms with Crippen LogP contribution in [0.25, 0.3) is 0 Å². The summed E-state index contributed by atoms with van der Waals surface area (Å²) in [6.45, 7) is 2.53. The Hall–Kier alpha value is -2.31. The third-order valence-electron chi connectivity index (χ3n) is 2.80. The van der Waals surface area contributed by atoms with Crippen LogP contribution < -0.4 is 11.1 Å². The molecule has 0 fully saturated rings. The molecule has 0 saturated heterocycles. The van der Waals surface area contributed by atoms with Gasteiger partial charge in [-0.1, -0.05) is 13.3 Å². The molecule has 7 heteroatoms. The lowest BCUT2D eigenvalue weighted by Gasteiger charge is -2.02. The fraction of sp³-hybridized carbons (Fsp3) is 0.417. The number of anilines is 1. The van der Waals surface area contributed by atoms with E-state index in [0.717, 1.165) is 24.4 Å². The Kier molecular flexibility index (Phi) is 4.17. The number of aromatic nitrogens is 4. The summed E-state index contributed by atoms with van der Waals surface area (Å²) in [4.78, 5) is 19.0. The number of hydrogen-bond donors (Lipinski definition) is 4. The molecule has 0 aromatic carbocycles. The predicted molar refractivity (Wildman–Crippen MR) is 71.6 cm³/mol. The number of imidazole rings is 1. The summed E-state index contributed by atoms with van der Waals surface area (Å²) in [5, 5.41) is 9.54. The minimum absolute atomic E-state index is 0.261. The van der Waals surface area contributed by atoms with Gasteiger partial charge in [0.1, 0.15) is 5.82 Å². The minimum Gasteiger partial charge on any atom is -0.395 e. The highest BCUT2D eigenvalue weighted by Gasteiger charge is 2.16. The monoisotopic (exact) mass is 262 g/mol. The number of amides is 1. The van der Waals surface area contributed by atoms with E-state index in [1.807, 2.05) is 6.92 Å². The lowest BCUT2D eigenvalue weighted by molar-refractivity contribution is 0.0950. The molecule has 0 atom stereocenters. The van der Waals surface area contributed by atoms with E-state index in [1.54, 1.807) is 12.4 Å². The minimum atomic E-state index is -0.261. The first kappa shape index (κ1) is 13.1. The lowest BCUT2D eigenvalue weighted by atomic mass is 10.2. The summed E-state index contributed by atoms with van der Waals surface area (Å²) in [5.74, 6) is 0.574. The Morgan fingerprint density at radius 1 is 1.47 bits per heavy atom. The maximum absolute atomic E-state index is 11.9. The van der Waals surface area contributed by atoms with Crippen LogP contribution >= 0.6 is 0 Å². The van der Waals surface area contributed by atoms with Gasteiger partial charge < -0.3 is 16.0 Å². The van der Waals surface area contributed by atoms with Gasteiger partial charge in [0.15, 0.2) is 5.69 Å². The van der Waals surface area contributed by atoms with Crippen molar-refractivity contribution < 1.29 is 4.79 Å². The molecule has 19 heavy (non-hydrogen) atoms. The van der Waals surface area contributed by atoms with Crippen molar-refractivity contribution in [2.45, 2.75) is 26.2 Å². The molecule has 0 saturated carbocycles. The van der Waals surface area contributed by atoms with Crippen LogP contribution in [0.15, 0.2) is 12.4 Å². The van der Waals surface area contributed by atoms with Crippen LogP contribution in [0.5, 0.6) is 0 Å². The third kappa shape index (κ3) is 3.12. The zero-order valence-corrected chi connectivity index (χ0v) is 10.9. The second kappa shape index (κ2) is 6.03. The van der Waals surface area contributed by atoms with Crippen LogP contribution in [0.1, 0.15) is 35.4 Å². The smallest absolute Gasteiger partial charge is 0.273 e. The fourth-order valence-corrected chi connectivity index (χ4v) is 1.81. The highest BCUT2D eigenvalue weighted by molar-refractivity contribution is 5.97. The molecule has 7 nitrogen and oxygen atoms in total. The van der Waals surface area contributed by atoms with Gasteiger partial charge in [-0.25, -0.2) is 4.98 Å². The molecule has 102 valence electrons. The van der Waals surface area contributed by atoms with E-state index < -0.39 is 0 Å². The predicted octanol–water partition coefficient (Wildman–Crippen LogP) is 0.640. The molecule has 2 rings (SSSR count). The second-order valence-electron chi connectivity index (χ2n) is 4.26. The van der Waals surface area contributed by atoms with E-state index in [4.69, 9.17) is 5.73 Å². The molecule has 0 aliphatic carbocycles. The SMILES string of the molecule is CCCc1[nH]nc(C(=O)NCCc2ncc[nH]2)c1N. The van der Waals surface area contributed by atoms with E-state index in [0.29, 0.717) is 18.7 Å². The number of hydrogen-bond acceptors (Lipinski definition) is 4. The number of rotatable bonds is 6. The number of carbonyl (C=O) groups excluding carboxylic acids is 1. The Bertz CT molecular complexity index is 530. The van der Waals surface area contributed by atoms with Gasteiger partial charge in [-0.3, -0.25) is 9.89 Å². The van der Waals surface area contributed by atoms with Gasteiger partial charge in [0.25, 0.3) is 5.91 Å². The summed E-state index contributed by atoms with van der Waals surface area (Å²) in [6.07, 6.45) is 5.81. The van der Waals surface area contributed by atoms with Crippen LogP contribution in [-0.2, 0) is 12.8 Å². The van der Waals surface area contributed by atoms with Crippen LogP contribution in [0, 0.1) is 0 Å². The number of aryl methyl sites for hydroxylation is 1. The Morgan fingerprint density at radius 3 is 3.00 bits per heavy atom. The molecule has 0 bridgehead atoms. The van der Waals surface area contributed by atoms with Crippen molar-refractivity contribution >= 4 is 11.6 Å². The summed E-state index contributed by atoms with van der Waals surface area (Å²) in [7, 11) is 0. The van der Waals surface area contributed by atoms with Crippen LogP contribution in [0.4, 0.5) is 5.69 Å². The van der Waals surface area contributed by atoms with E-state index in [1.165, 1.54) is 0 Å². The maximum Gasteiger partial charge on any atom is 0.273 e. The highest BCUT2D eigenvalue weighted by atomic mass is 16.1. The molecule has 0 unspecified atom stereocenters. The molecule has 0 aliphatic heterocycles. The number of carbonyl (C=O) groups is 1. The third-order valence-corrected chi connectivity index (χ3v) is 2.80. The Morgan fingerprint density at radius 2 is 2.32 bits per heavy atom. The summed E-state index contributed by atoms with van der Waals surface area (Å²) in [5.41, 5.74) is 7.41. The number of nitrogens with two attached hydrogens (primary N) is 1. The largest absolute Gasteiger partial charge is 0.395 e. The number of nitrogens with zero attached hydrogens (tertiary/aromatic N) is 2. The van der Waals surface area contributed by atoms with Crippen molar-refractivity contribution in [3.63, 3.8) is 0 Å². The molecular weight excluding hydrogens is 244 g/mol. The highest BCUT2D eigenvalue weighted by Crippen LogP contribution is 2.15. The molecule has 1 amide bonds. The van der Waals surface area contributed by atoms with Crippen LogP contribution in [0.3, 0.4) is 0 Å². The topological polar surface area (TPSA) is 112 Å². The second-order valence-corrected chi connectivity index (χ2v) is 4.26. The molecule has 0 aliphatic rings. The molecule has 2 aromatic heterocycles. The number of nitrogen functional groups attached to an aromatic ring is 1. The number of nitrogens with one attached hydrogen (secondary N) is 3. The van der Waals surface area contributed by atoms with Gasteiger partial charge in [0.2, 0.25) is 0 Å². The van der Waals surface area contributed by atoms with Gasteiger partial charge in [0.05, 0.1) is 11.4 Å². The maximum atomic E-state index is 11.9. The summed E-state index contributed by atoms with van der Waals surface area (Å²) >= 11 is 0. The van der Waals surface area contributed by atoms with Crippen LogP contribution in [0.2, 0.25) is 0 Å². The summed E-state index contributed by atoms with van der Waals surface area (Å²) in [6, 6.07) is 0. The van der Waals surface area contributed by atoms with Crippen molar-refractivity contribution in [1.29, 1.82) is 0 Å². The van der Waals surface area contributed by atoms with Crippen molar-refractivity contribution in [2.24, 2.45) is 0 Å². The number of H-pyrrole nitrogens is 2. The average Bonchev–Trinajstić information content (AvgIpc) is 3.01. The van der Waals surface area contributed by atoms with Gasteiger partial charge in [-0.15, -0.1) is 0 Å². The average molecular weight is 262 g/mol. The quantitative estimate of drug-likeness (QED) is 0.612. The Labute approximate surface area is 111 Å². The normalized spacial score (nSPS) is 10.6. The molecule has 0 radical (unpaired) electrons. The van der Waals surface area contributed by atoms with Crippen LogP contribution in [-0.4, -0.2) is 32.6 Å². The lowest BCUT2D eigenvalue weighted by Crippen LogP contribution is -2.27. The van der Waals surface area contributed by atoms with E-state index in [-0.39, 0.29) is 11.6 Å². The summed E-state index contributed by atoms with van der Waals surface area (Å²) < 4.78 is 0. The first-order valence-corrected chi connectivity index (χ1v) is 6.31. The Balaban J connectivity index is 1.89. The molecule has 0 spiro atoms. The van der Waals surface area contributed by atoms with Gasteiger partial charge >= 0.3 is 0 Å². The van der Waals surface area contributed by atoms with Crippen molar-refractivity contribution in [3.8, 4) is 0 Å². The fourth-order valence-electron chi connectivity index (χ4n) is 1.81.